The summed E-state index contributed by atoms with van der Waals surface area (Å²) in [4.78, 5) is 42.4. The minimum atomic E-state index is -0.669. The Morgan fingerprint density at radius 1 is 1.14 bits per heavy atom. The number of esters is 1. The van der Waals surface area contributed by atoms with Crippen LogP contribution in [0.1, 0.15) is 29.5 Å². The molecule has 0 bridgehead atoms. The Kier molecular flexibility index (Phi) is 4.70. The molecule has 0 amide bonds. The Bertz CT molecular complexity index is 1160. The first-order chi connectivity index (χ1) is 13.6. The van der Waals surface area contributed by atoms with E-state index >= 15 is 0 Å². The van der Waals surface area contributed by atoms with Crippen LogP contribution in [-0.2, 0) is 9.53 Å². The first-order valence-electron chi connectivity index (χ1n) is 8.72. The summed E-state index contributed by atoms with van der Waals surface area (Å²) in [5.41, 5.74) is 1.48. The van der Waals surface area contributed by atoms with Crippen molar-refractivity contribution < 1.29 is 9.53 Å². The van der Waals surface area contributed by atoms with Gasteiger partial charge in [-0.3, -0.25) is 14.8 Å². The van der Waals surface area contributed by atoms with Crippen LogP contribution in [0.2, 0.25) is 0 Å². The molecule has 3 aromatic rings. The van der Waals surface area contributed by atoms with Gasteiger partial charge in [0, 0.05) is 0 Å². The number of H-pyrrole nitrogens is 2. The van der Waals surface area contributed by atoms with Crippen molar-refractivity contribution in [3.8, 4) is 0 Å². The number of rotatable bonds is 4. The number of carbonyl (C=O) groups is 1. The molecule has 0 fully saturated rings. The molecule has 1 atom stereocenters. The van der Waals surface area contributed by atoms with Crippen LogP contribution in [0.3, 0.4) is 0 Å². The van der Waals surface area contributed by atoms with E-state index in [0.717, 1.165) is 11.1 Å². The third kappa shape index (κ3) is 3.07. The maximum absolute atomic E-state index is 13.0. The van der Waals surface area contributed by atoms with Gasteiger partial charge in [-0.1, -0.05) is 30.3 Å². The van der Waals surface area contributed by atoms with Gasteiger partial charge < -0.3 is 10.1 Å². The van der Waals surface area contributed by atoms with Crippen molar-refractivity contribution in [2.24, 2.45) is 0 Å². The van der Waals surface area contributed by atoms with Crippen molar-refractivity contribution >= 4 is 28.8 Å². The maximum atomic E-state index is 13.0. The number of anilines is 1. The van der Waals surface area contributed by atoms with Crippen molar-refractivity contribution in [3.63, 3.8) is 0 Å². The molecule has 3 heterocycles. The summed E-state index contributed by atoms with van der Waals surface area (Å²) in [6, 6.07) is 11.1. The van der Waals surface area contributed by atoms with Crippen LogP contribution in [0.5, 0.6) is 0 Å². The summed E-state index contributed by atoms with van der Waals surface area (Å²) in [6.07, 6.45) is 0. The van der Waals surface area contributed by atoms with E-state index in [2.05, 4.69) is 15.3 Å². The molecule has 0 spiro atoms. The zero-order chi connectivity index (χ0) is 19.7. The summed E-state index contributed by atoms with van der Waals surface area (Å²) in [5, 5.41) is 6.84. The van der Waals surface area contributed by atoms with Crippen LogP contribution < -0.4 is 16.6 Å². The number of carbonyl (C=O) groups excluding carboxylic acids is 1. The van der Waals surface area contributed by atoms with Crippen LogP contribution >= 0.6 is 11.3 Å². The van der Waals surface area contributed by atoms with Gasteiger partial charge in [-0.05, 0) is 34.9 Å². The molecular weight excluding hydrogens is 378 g/mol. The third-order valence-corrected chi connectivity index (χ3v) is 5.21. The lowest BCUT2D eigenvalue weighted by molar-refractivity contribution is -0.138. The van der Waals surface area contributed by atoms with Crippen molar-refractivity contribution in [1.29, 1.82) is 0 Å². The van der Waals surface area contributed by atoms with Gasteiger partial charge in [0.25, 0.3) is 5.56 Å². The largest absolute Gasteiger partial charge is 0.463 e. The number of fused-ring (bicyclic) bond motifs is 1. The van der Waals surface area contributed by atoms with Gasteiger partial charge in [0.15, 0.2) is 0 Å². The first-order valence-corrected chi connectivity index (χ1v) is 9.66. The van der Waals surface area contributed by atoms with E-state index in [9.17, 15) is 14.4 Å². The zero-order valence-corrected chi connectivity index (χ0v) is 15.8. The molecule has 0 saturated carbocycles. The van der Waals surface area contributed by atoms with Crippen LogP contribution in [0, 0.1) is 0 Å². The fourth-order valence-corrected chi connectivity index (χ4v) is 4.07. The van der Waals surface area contributed by atoms with Crippen molar-refractivity contribution in [3.05, 3.63) is 90.3 Å². The fraction of sp³-hybridized carbons (Fsp3) is 0.150. The molecule has 1 aliphatic rings. The second-order valence-electron chi connectivity index (χ2n) is 6.19. The molecule has 3 N–H and O–H groups in total. The van der Waals surface area contributed by atoms with Gasteiger partial charge in [-0.15, -0.1) is 0 Å². The number of hydrogen-bond donors (Lipinski definition) is 3. The maximum Gasteiger partial charge on any atom is 0.337 e. The van der Waals surface area contributed by atoms with Gasteiger partial charge in [-0.25, -0.2) is 9.59 Å². The molecule has 8 heteroatoms. The van der Waals surface area contributed by atoms with Gasteiger partial charge >= 0.3 is 11.7 Å². The number of aromatic amines is 2. The van der Waals surface area contributed by atoms with Gasteiger partial charge in [0.05, 0.1) is 29.4 Å². The highest BCUT2D eigenvalue weighted by molar-refractivity contribution is 7.08. The van der Waals surface area contributed by atoms with Gasteiger partial charge in [0.1, 0.15) is 5.82 Å². The molecular formula is C20H17N3O4S. The Balaban J connectivity index is 2.05. The van der Waals surface area contributed by atoms with Crippen molar-refractivity contribution in [1.82, 2.24) is 9.97 Å². The van der Waals surface area contributed by atoms with Gasteiger partial charge in [0.2, 0.25) is 0 Å². The standard InChI is InChI=1S/C20H17N3O4S/c1-2-27-19(25)14-13(12-8-9-28-10-12)15-17(22-20(26)23-18(15)24)21-16(14)11-6-4-3-5-7-11/h3-10,13H,2H2,1H3,(H3,21,22,23,24,26)/t13-/m1/s1. The van der Waals surface area contributed by atoms with Crippen LogP contribution in [0.4, 0.5) is 5.82 Å². The van der Waals surface area contributed by atoms with Crippen molar-refractivity contribution in [2.75, 3.05) is 11.9 Å². The van der Waals surface area contributed by atoms with E-state index in [-0.39, 0.29) is 18.0 Å². The van der Waals surface area contributed by atoms with E-state index in [4.69, 9.17) is 4.74 Å². The number of aromatic nitrogens is 2. The molecule has 0 aliphatic carbocycles. The number of benzene rings is 1. The Hall–Kier alpha value is -3.39. The predicted octanol–water partition coefficient (Wildman–Crippen LogP) is 2.66. The monoisotopic (exact) mass is 395 g/mol. The summed E-state index contributed by atoms with van der Waals surface area (Å²) in [5.74, 6) is -0.907. The lowest BCUT2D eigenvalue weighted by Gasteiger charge is -2.29. The summed E-state index contributed by atoms with van der Waals surface area (Å²) < 4.78 is 5.32. The quantitative estimate of drug-likeness (QED) is 0.589. The summed E-state index contributed by atoms with van der Waals surface area (Å²) in [6.45, 7) is 1.93. The number of nitrogens with one attached hydrogen (secondary N) is 3. The summed E-state index contributed by atoms with van der Waals surface area (Å²) in [7, 11) is 0. The van der Waals surface area contributed by atoms with Crippen molar-refractivity contribution in [2.45, 2.75) is 12.8 Å². The van der Waals surface area contributed by atoms with E-state index < -0.39 is 23.1 Å². The molecule has 1 aromatic carbocycles. The number of hydrogen-bond acceptors (Lipinski definition) is 6. The number of thiophene rings is 1. The second-order valence-corrected chi connectivity index (χ2v) is 6.97. The van der Waals surface area contributed by atoms with Crippen LogP contribution in [0.15, 0.2) is 62.3 Å². The summed E-state index contributed by atoms with van der Waals surface area (Å²) >= 11 is 1.46. The molecule has 0 radical (unpaired) electrons. The molecule has 1 aliphatic heterocycles. The number of ether oxygens (including phenoxy) is 1. The SMILES string of the molecule is CCOC(=O)C1=C(c2ccccc2)Nc2[nH]c(=O)[nH]c(=O)c2[C@@H]1c1ccsc1. The van der Waals surface area contributed by atoms with Crippen LogP contribution in [0.25, 0.3) is 5.70 Å². The van der Waals surface area contributed by atoms with E-state index in [0.29, 0.717) is 11.3 Å². The zero-order valence-electron chi connectivity index (χ0n) is 14.9. The average molecular weight is 395 g/mol. The lowest BCUT2D eigenvalue weighted by Crippen LogP contribution is -2.34. The Morgan fingerprint density at radius 3 is 2.61 bits per heavy atom. The van der Waals surface area contributed by atoms with E-state index in [1.54, 1.807) is 6.92 Å². The first kappa shape index (κ1) is 18.0. The van der Waals surface area contributed by atoms with Crippen LogP contribution in [-0.4, -0.2) is 22.5 Å². The smallest absolute Gasteiger partial charge is 0.337 e. The second kappa shape index (κ2) is 7.32. The van der Waals surface area contributed by atoms with E-state index in [1.165, 1.54) is 11.3 Å². The molecule has 7 nitrogen and oxygen atoms in total. The highest BCUT2D eigenvalue weighted by Gasteiger charge is 2.37. The predicted molar refractivity (Wildman–Crippen MR) is 107 cm³/mol. The lowest BCUT2D eigenvalue weighted by atomic mass is 9.82. The minimum Gasteiger partial charge on any atom is -0.463 e. The minimum absolute atomic E-state index is 0.204. The normalized spacial score (nSPS) is 15.7. The Morgan fingerprint density at radius 2 is 1.93 bits per heavy atom. The third-order valence-electron chi connectivity index (χ3n) is 4.51. The highest BCUT2D eigenvalue weighted by Crippen LogP contribution is 2.42. The molecule has 142 valence electrons. The topological polar surface area (TPSA) is 104 Å². The fourth-order valence-electron chi connectivity index (χ4n) is 3.38. The Labute approximate surface area is 163 Å². The molecule has 28 heavy (non-hydrogen) atoms. The molecule has 4 rings (SSSR count). The highest BCUT2D eigenvalue weighted by atomic mass is 32.1. The van der Waals surface area contributed by atoms with Gasteiger partial charge in [-0.2, -0.15) is 11.3 Å². The average Bonchev–Trinajstić information content (AvgIpc) is 3.21. The molecule has 0 unspecified atom stereocenters. The van der Waals surface area contributed by atoms with E-state index in [1.807, 2.05) is 47.2 Å². The molecule has 0 saturated heterocycles. The molecule has 2 aromatic heterocycles.